The Labute approximate surface area is 118 Å². The van der Waals surface area contributed by atoms with E-state index in [0.717, 1.165) is 40.1 Å². The topological polar surface area (TPSA) is 67.6 Å². The lowest BCUT2D eigenvalue weighted by Gasteiger charge is -2.05. The Hall–Kier alpha value is -2.20. The molecule has 3 N–H and O–H groups in total. The Kier molecular flexibility index (Phi) is 3.24. The van der Waals surface area contributed by atoms with Crippen LogP contribution in [0.15, 0.2) is 30.5 Å². The molecule has 0 aliphatic carbocycles. The fourth-order valence-electron chi connectivity index (χ4n) is 2.47. The van der Waals surface area contributed by atoms with E-state index in [9.17, 15) is 0 Å². The van der Waals surface area contributed by atoms with E-state index in [2.05, 4.69) is 46.1 Å². The highest BCUT2D eigenvalue weighted by molar-refractivity contribution is 5.83. The van der Waals surface area contributed by atoms with Gasteiger partial charge in [0.2, 0.25) is 0 Å². The number of H-pyrrole nitrogens is 1. The summed E-state index contributed by atoms with van der Waals surface area (Å²) in [4.78, 5) is 12.4. The summed E-state index contributed by atoms with van der Waals surface area (Å²) in [6.07, 6.45) is 2.95. The maximum atomic E-state index is 5.73. The predicted molar refractivity (Wildman–Crippen MR) is 81.3 cm³/mol. The molecule has 0 aliphatic heterocycles. The third-order valence-corrected chi connectivity index (χ3v) is 3.63. The number of aromatic nitrogens is 3. The van der Waals surface area contributed by atoms with E-state index in [4.69, 9.17) is 5.73 Å². The second-order valence-corrected chi connectivity index (χ2v) is 4.92. The van der Waals surface area contributed by atoms with Gasteiger partial charge in [0, 0.05) is 23.7 Å². The zero-order valence-corrected chi connectivity index (χ0v) is 11.8. The summed E-state index contributed by atoms with van der Waals surface area (Å²) in [5.74, 6) is 0.753. The van der Waals surface area contributed by atoms with Gasteiger partial charge >= 0.3 is 0 Å². The van der Waals surface area contributed by atoms with E-state index >= 15 is 0 Å². The number of fused-ring (bicyclic) bond motifs is 1. The number of benzene rings is 1. The molecule has 0 radical (unpaired) electrons. The third kappa shape index (κ3) is 2.08. The summed E-state index contributed by atoms with van der Waals surface area (Å²) in [6.45, 7) is 4.64. The SMILES string of the molecule is CCc1ccc(-c2nc(C)c3c(CN)c[nH]c3n2)cc1. The summed E-state index contributed by atoms with van der Waals surface area (Å²) < 4.78 is 0. The molecule has 0 unspecified atom stereocenters. The van der Waals surface area contributed by atoms with Crippen molar-refractivity contribution in [1.82, 2.24) is 15.0 Å². The molecule has 3 rings (SSSR count). The van der Waals surface area contributed by atoms with Gasteiger partial charge in [0.15, 0.2) is 5.82 Å². The summed E-state index contributed by atoms with van der Waals surface area (Å²) in [5, 5.41) is 1.04. The third-order valence-electron chi connectivity index (χ3n) is 3.63. The molecule has 1 aromatic carbocycles. The number of nitrogens with one attached hydrogen (secondary N) is 1. The van der Waals surface area contributed by atoms with Crippen molar-refractivity contribution in [3.05, 3.63) is 47.3 Å². The highest BCUT2D eigenvalue weighted by Gasteiger charge is 2.11. The van der Waals surface area contributed by atoms with E-state index in [1.54, 1.807) is 0 Å². The van der Waals surface area contributed by atoms with Gasteiger partial charge < -0.3 is 10.7 Å². The molecular weight excluding hydrogens is 248 g/mol. The molecule has 0 spiro atoms. The first-order chi connectivity index (χ1) is 9.72. The van der Waals surface area contributed by atoms with Crippen LogP contribution in [0, 0.1) is 6.92 Å². The summed E-state index contributed by atoms with van der Waals surface area (Å²) in [5.41, 5.74) is 11.0. The zero-order chi connectivity index (χ0) is 14.1. The van der Waals surface area contributed by atoms with Crippen molar-refractivity contribution in [3.63, 3.8) is 0 Å². The average Bonchev–Trinajstić information content (AvgIpc) is 2.91. The molecule has 20 heavy (non-hydrogen) atoms. The molecule has 3 aromatic rings. The minimum Gasteiger partial charge on any atom is -0.346 e. The zero-order valence-electron chi connectivity index (χ0n) is 11.8. The van der Waals surface area contributed by atoms with E-state index in [0.29, 0.717) is 6.54 Å². The van der Waals surface area contributed by atoms with Crippen molar-refractivity contribution in [3.8, 4) is 11.4 Å². The molecule has 0 atom stereocenters. The van der Waals surface area contributed by atoms with Gasteiger partial charge in [-0.05, 0) is 24.5 Å². The van der Waals surface area contributed by atoms with Crippen LogP contribution in [-0.2, 0) is 13.0 Å². The van der Waals surface area contributed by atoms with Crippen molar-refractivity contribution in [2.45, 2.75) is 26.8 Å². The Morgan fingerprint density at radius 2 is 1.90 bits per heavy atom. The number of hydrogen-bond donors (Lipinski definition) is 2. The van der Waals surface area contributed by atoms with Gasteiger partial charge in [-0.15, -0.1) is 0 Å². The lowest BCUT2D eigenvalue weighted by atomic mass is 10.1. The maximum absolute atomic E-state index is 5.73. The molecule has 0 aliphatic rings. The van der Waals surface area contributed by atoms with Gasteiger partial charge in [0.25, 0.3) is 0 Å². The minimum absolute atomic E-state index is 0.495. The van der Waals surface area contributed by atoms with E-state index < -0.39 is 0 Å². The van der Waals surface area contributed by atoms with Crippen LogP contribution in [0.5, 0.6) is 0 Å². The van der Waals surface area contributed by atoms with E-state index in [1.807, 2.05) is 13.1 Å². The predicted octanol–water partition coefficient (Wildman–Crippen LogP) is 2.95. The van der Waals surface area contributed by atoms with Crippen LogP contribution in [0.4, 0.5) is 0 Å². The molecule has 2 aromatic heterocycles. The fourth-order valence-corrected chi connectivity index (χ4v) is 2.47. The second kappa shape index (κ2) is 5.06. The molecule has 102 valence electrons. The van der Waals surface area contributed by atoms with Crippen LogP contribution in [0.3, 0.4) is 0 Å². The number of aromatic amines is 1. The van der Waals surface area contributed by atoms with Crippen molar-refractivity contribution < 1.29 is 0 Å². The molecular formula is C16H18N4. The first-order valence-electron chi connectivity index (χ1n) is 6.87. The number of nitrogens with two attached hydrogens (primary N) is 1. The van der Waals surface area contributed by atoms with Gasteiger partial charge in [-0.3, -0.25) is 0 Å². The van der Waals surface area contributed by atoms with Gasteiger partial charge in [-0.25, -0.2) is 9.97 Å². The quantitative estimate of drug-likeness (QED) is 0.766. The van der Waals surface area contributed by atoms with Gasteiger partial charge in [0.05, 0.1) is 5.69 Å². The largest absolute Gasteiger partial charge is 0.346 e. The van der Waals surface area contributed by atoms with Gasteiger partial charge in [0.1, 0.15) is 5.65 Å². The Morgan fingerprint density at radius 3 is 2.55 bits per heavy atom. The maximum Gasteiger partial charge on any atom is 0.161 e. The molecule has 0 amide bonds. The van der Waals surface area contributed by atoms with Crippen LogP contribution in [0.2, 0.25) is 0 Å². The molecule has 0 fully saturated rings. The fraction of sp³-hybridized carbons (Fsp3) is 0.250. The van der Waals surface area contributed by atoms with Gasteiger partial charge in [-0.2, -0.15) is 0 Å². The number of hydrogen-bond acceptors (Lipinski definition) is 3. The van der Waals surface area contributed by atoms with Crippen molar-refractivity contribution in [2.75, 3.05) is 0 Å². The standard InChI is InChI=1S/C16H18N4/c1-3-11-4-6-12(7-5-11)15-19-10(2)14-13(8-17)9-18-16(14)20-15/h4-7,9H,3,8,17H2,1-2H3,(H,18,19,20). The lowest BCUT2D eigenvalue weighted by Crippen LogP contribution is -1.98. The number of rotatable bonds is 3. The Bertz CT molecular complexity index is 741. The minimum atomic E-state index is 0.495. The van der Waals surface area contributed by atoms with Crippen LogP contribution in [0.1, 0.15) is 23.7 Å². The molecule has 2 heterocycles. The van der Waals surface area contributed by atoms with Crippen LogP contribution in [0.25, 0.3) is 22.4 Å². The summed E-state index contributed by atoms with van der Waals surface area (Å²) in [6, 6.07) is 8.40. The molecule has 0 saturated carbocycles. The smallest absolute Gasteiger partial charge is 0.161 e. The summed E-state index contributed by atoms with van der Waals surface area (Å²) >= 11 is 0. The van der Waals surface area contributed by atoms with Crippen molar-refractivity contribution in [2.24, 2.45) is 5.73 Å². The molecule has 0 saturated heterocycles. The van der Waals surface area contributed by atoms with E-state index in [1.165, 1.54) is 5.56 Å². The highest BCUT2D eigenvalue weighted by Crippen LogP contribution is 2.23. The normalized spacial score (nSPS) is 11.2. The molecule has 4 heteroatoms. The molecule has 0 bridgehead atoms. The first-order valence-corrected chi connectivity index (χ1v) is 6.87. The monoisotopic (exact) mass is 266 g/mol. The van der Waals surface area contributed by atoms with Crippen LogP contribution >= 0.6 is 0 Å². The van der Waals surface area contributed by atoms with Crippen LogP contribution < -0.4 is 5.73 Å². The van der Waals surface area contributed by atoms with Gasteiger partial charge in [-0.1, -0.05) is 31.2 Å². The molecule has 4 nitrogen and oxygen atoms in total. The van der Waals surface area contributed by atoms with Crippen molar-refractivity contribution >= 4 is 11.0 Å². The summed E-state index contributed by atoms with van der Waals surface area (Å²) in [7, 11) is 0. The lowest BCUT2D eigenvalue weighted by molar-refractivity contribution is 1.08. The average molecular weight is 266 g/mol. The van der Waals surface area contributed by atoms with Crippen molar-refractivity contribution in [1.29, 1.82) is 0 Å². The Morgan fingerprint density at radius 1 is 1.15 bits per heavy atom. The second-order valence-electron chi connectivity index (χ2n) is 4.92. The number of nitrogens with zero attached hydrogens (tertiary/aromatic N) is 2. The Balaban J connectivity index is 2.12. The highest BCUT2D eigenvalue weighted by atomic mass is 15.0. The van der Waals surface area contributed by atoms with Crippen LogP contribution in [-0.4, -0.2) is 15.0 Å². The van der Waals surface area contributed by atoms with E-state index in [-0.39, 0.29) is 0 Å². The first kappa shape index (κ1) is 12.8. The number of aryl methyl sites for hydroxylation is 2.